The molecular weight excluding hydrogens is 366 g/mol. The van der Waals surface area contributed by atoms with E-state index in [1.165, 1.54) is 0 Å². The minimum atomic E-state index is 0.0723. The molecule has 1 aliphatic heterocycles. The topological polar surface area (TPSA) is 63.6 Å². The van der Waals surface area contributed by atoms with Crippen LogP contribution < -0.4 is 5.32 Å². The van der Waals surface area contributed by atoms with Gasteiger partial charge in [-0.1, -0.05) is 12.1 Å². The fourth-order valence-corrected chi connectivity index (χ4v) is 3.36. The summed E-state index contributed by atoms with van der Waals surface area (Å²) in [5.41, 5.74) is 2.13. The van der Waals surface area contributed by atoms with Crippen molar-refractivity contribution in [2.45, 2.75) is 32.5 Å². The maximum Gasteiger partial charge on any atom is 0.224 e. The molecule has 2 heterocycles. The third-order valence-electron chi connectivity index (χ3n) is 4.45. The minimum Gasteiger partial charge on any atom is -0.373 e. The zero-order valence-corrected chi connectivity index (χ0v) is 17.3. The van der Waals surface area contributed by atoms with Gasteiger partial charge in [0.25, 0.3) is 0 Å². The molecule has 2 aromatic rings. The molecule has 6 heteroatoms. The van der Waals surface area contributed by atoms with E-state index >= 15 is 0 Å². The summed E-state index contributed by atoms with van der Waals surface area (Å²) < 4.78 is 7.78. The highest BCUT2D eigenvalue weighted by Gasteiger charge is 2.21. The molecule has 2 unspecified atom stereocenters. The number of nitrogens with one attached hydrogen (secondary N) is 1. The summed E-state index contributed by atoms with van der Waals surface area (Å²) in [5.74, 6) is 0.0723. The van der Waals surface area contributed by atoms with Crippen LogP contribution in [0.4, 0.5) is 0 Å². The molecule has 0 aliphatic carbocycles. The number of ether oxygens (including phenoxy) is 1. The van der Waals surface area contributed by atoms with Gasteiger partial charge < -0.3 is 19.4 Å². The molecule has 0 radical (unpaired) electrons. The van der Waals surface area contributed by atoms with Gasteiger partial charge in [-0.15, -0.1) is 12.8 Å². The lowest BCUT2D eigenvalue weighted by Gasteiger charge is -2.35. The second-order valence-corrected chi connectivity index (χ2v) is 6.80. The van der Waals surface area contributed by atoms with Crippen molar-refractivity contribution in [2.75, 3.05) is 26.2 Å². The first-order valence-corrected chi connectivity index (χ1v) is 9.59. The Labute approximate surface area is 173 Å². The van der Waals surface area contributed by atoms with Crippen LogP contribution in [0, 0.1) is 12.8 Å². The quantitative estimate of drug-likeness (QED) is 0.760. The van der Waals surface area contributed by atoms with E-state index in [0.717, 1.165) is 30.9 Å². The summed E-state index contributed by atoms with van der Waals surface area (Å²) in [6.45, 7) is 9.61. The third kappa shape index (κ3) is 8.34. The Morgan fingerprint density at radius 2 is 1.66 bits per heavy atom. The maximum absolute atomic E-state index is 12.1. The van der Waals surface area contributed by atoms with Crippen LogP contribution >= 0.6 is 0 Å². The van der Waals surface area contributed by atoms with Crippen LogP contribution in [0.5, 0.6) is 0 Å². The van der Waals surface area contributed by atoms with Crippen LogP contribution in [0.2, 0.25) is 0 Å². The van der Waals surface area contributed by atoms with E-state index in [2.05, 4.69) is 36.9 Å². The molecule has 0 spiro atoms. The molecule has 1 aromatic heterocycles. The molecule has 0 saturated carbocycles. The summed E-state index contributed by atoms with van der Waals surface area (Å²) in [5, 5.41) is 3.02. The van der Waals surface area contributed by atoms with Crippen molar-refractivity contribution in [3.05, 3.63) is 54.4 Å². The highest BCUT2D eigenvalue weighted by Crippen LogP contribution is 2.11. The van der Waals surface area contributed by atoms with Crippen LogP contribution in [0.15, 0.2) is 48.8 Å². The molecule has 1 saturated heterocycles. The molecule has 1 N–H and O–H groups in total. The first-order chi connectivity index (χ1) is 14.1. The zero-order chi connectivity index (χ0) is 21.6. The van der Waals surface area contributed by atoms with Crippen molar-refractivity contribution in [1.82, 2.24) is 14.8 Å². The fraction of sp³-hybridized carbons (Fsp3) is 0.391. The van der Waals surface area contributed by atoms with Crippen LogP contribution in [0.1, 0.15) is 19.4 Å². The maximum atomic E-state index is 12.1. The van der Waals surface area contributed by atoms with Crippen molar-refractivity contribution in [1.29, 1.82) is 0 Å². The molecular formula is C23H31N3O3. The Morgan fingerprint density at radius 1 is 1.10 bits per heavy atom. The number of carbonyl (C=O) groups is 2. The molecule has 0 bridgehead atoms. The summed E-state index contributed by atoms with van der Waals surface area (Å²) in [4.78, 5) is 22.5. The molecule has 1 aliphatic rings. The van der Waals surface area contributed by atoms with Gasteiger partial charge in [0, 0.05) is 44.3 Å². The van der Waals surface area contributed by atoms with Crippen molar-refractivity contribution < 1.29 is 14.3 Å². The Bertz CT molecular complexity index is 716. The van der Waals surface area contributed by atoms with E-state index in [4.69, 9.17) is 9.53 Å². The highest BCUT2D eigenvalue weighted by molar-refractivity contribution is 5.78. The average molecular weight is 398 g/mol. The number of morpholine rings is 1. The van der Waals surface area contributed by atoms with Crippen LogP contribution in [0.3, 0.4) is 0 Å². The number of rotatable bonds is 6. The van der Waals surface area contributed by atoms with Gasteiger partial charge in [0.2, 0.25) is 5.91 Å². The normalized spacial score (nSPS) is 18.5. The van der Waals surface area contributed by atoms with Crippen molar-refractivity contribution in [2.24, 2.45) is 0 Å². The standard InChI is InChI=1S/C20H27N3O2.C2H2.CH2O/c1-16-14-22(15-17(2)25-16)12-9-21-20(24)13-18-5-7-19(8-6-18)23-10-3-4-11-23;2*1-2/h3-8,10-11,16-17H,9,12-15H2,1-2H3,(H,21,24);1-2H;1H2. The largest absolute Gasteiger partial charge is 0.373 e. The summed E-state index contributed by atoms with van der Waals surface area (Å²) in [6, 6.07) is 12.1. The Kier molecular flexibility index (Phi) is 11.1. The number of amides is 1. The molecule has 3 rings (SSSR count). The molecule has 156 valence electrons. The Balaban J connectivity index is 0.000000989. The predicted octanol–water partition coefficient (Wildman–Crippen LogP) is 2.31. The number of terminal acetylenes is 1. The summed E-state index contributed by atoms with van der Waals surface area (Å²) in [6.07, 6.45) is 13.0. The van der Waals surface area contributed by atoms with E-state index < -0.39 is 0 Å². The summed E-state index contributed by atoms with van der Waals surface area (Å²) >= 11 is 0. The monoisotopic (exact) mass is 397 g/mol. The van der Waals surface area contributed by atoms with E-state index in [-0.39, 0.29) is 18.1 Å². The first kappa shape index (κ1) is 24.2. The van der Waals surface area contributed by atoms with Crippen LogP contribution in [-0.4, -0.2) is 60.6 Å². The minimum absolute atomic E-state index is 0.0723. The first-order valence-electron chi connectivity index (χ1n) is 9.59. The zero-order valence-electron chi connectivity index (χ0n) is 17.3. The lowest BCUT2D eigenvalue weighted by atomic mass is 10.1. The highest BCUT2D eigenvalue weighted by atomic mass is 16.5. The van der Waals surface area contributed by atoms with E-state index in [9.17, 15) is 4.79 Å². The molecule has 29 heavy (non-hydrogen) atoms. The summed E-state index contributed by atoms with van der Waals surface area (Å²) in [7, 11) is 0. The van der Waals surface area contributed by atoms with Gasteiger partial charge in [0.15, 0.2) is 0 Å². The third-order valence-corrected chi connectivity index (χ3v) is 4.45. The number of nitrogens with zero attached hydrogens (tertiary/aromatic N) is 2. The fourth-order valence-electron chi connectivity index (χ4n) is 3.36. The number of aromatic nitrogens is 1. The molecule has 1 amide bonds. The molecule has 2 atom stereocenters. The predicted molar refractivity (Wildman–Crippen MR) is 116 cm³/mol. The number of hydrogen-bond acceptors (Lipinski definition) is 4. The molecule has 6 nitrogen and oxygen atoms in total. The van der Waals surface area contributed by atoms with Gasteiger partial charge >= 0.3 is 0 Å². The van der Waals surface area contributed by atoms with Crippen LogP contribution in [0.25, 0.3) is 5.69 Å². The second-order valence-electron chi connectivity index (χ2n) is 6.80. The van der Waals surface area contributed by atoms with Gasteiger partial charge in [-0.25, -0.2) is 0 Å². The van der Waals surface area contributed by atoms with Crippen molar-refractivity contribution in [3.8, 4) is 18.5 Å². The van der Waals surface area contributed by atoms with E-state index in [0.29, 0.717) is 13.0 Å². The number of hydrogen-bond donors (Lipinski definition) is 1. The molecule has 1 aromatic carbocycles. The SMILES string of the molecule is C#C.C=O.CC1CN(CCNC(=O)Cc2ccc(-n3cccc3)cc2)CC(C)O1. The van der Waals surface area contributed by atoms with E-state index in [1.807, 2.05) is 60.1 Å². The second kappa shape index (κ2) is 13.3. The average Bonchev–Trinajstić information content (AvgIpc) is 3.26. The van der Waals surface area contributed by atoms with Gasteiger partial charge in [0.1, 0.15) is 6.79 Å². The number of benzene rings is 1. The lowest BCUT2D eigenvalue weighted by Crippen LogP contribution is -2.48. The smallest absolute Gasteiger partial charge is 0.224 e. The van der Waals surface area contributed by atoms with Crippen LogP contribution in [-0.2, 0) is 20.7 Å². The van der Waals surface area contributed by atoms with Gasteiger partial charge in [0.05, 0.1) is 18.6 Å². The number of carbonyl (C=O) groups excluding carboxylic acids is 2. The van der Waals surface area contributed by atoms with Gasteiger partial charge in [-0.05, 0) is 43.7 Å². The van der Waals surface area contributed by atoms with Gasteiger partial charge in [-0.3, -0.25) is 9.69 Å². The van der Waals surface area contributed by atoms with E-state index in [1.54, 1.807) is 0 Å². The Hall–Kier alpha value is -2.88. The molecule has 1 fully saturated rings. The van der Waals surface area contributed by atoms with Crippen molar-refractivity contribution >= 4 is 12.7 Å². The lowest BCUT2D eigenvalue weighted by molar-refractivity contribution is -0.120. The van der Waals surface area contributed by atoms with Gasteiger partial charge in [-0.2, -0.15) is 0 Å². The Morgan fingerprint density at radius 3 is 2.21 bits per heavy atom. The van der Waals surface area contributed by atoms with Crippen molar-refractivity contribution in [3.63, 3.8) is 0 Å².